The zero-order chi connectivity index (χ0) is 20.9. The van der Waals surface area contributed by atoms with Crippen molar-refractivity contribution in [3.63, 3.8) is 0 Å². The number of nitrogens with one attached hydrogen (secondary N) is 2. The Balaban J connectivity index is 1.26. The lowest BCUT2D eigenvalue weighted by molar-refractivity contribution is -0.117. The summed E-state index contributed by atoms with van der Waals surface area (Å²) in [5.74, 6) is 0.974. The minimum atomic E-state index is 0.203. The van der Waals surface area contributed by atoms with Gasteiger partial charge in [0, 0.05) is 49.7 Å². The van der Waals surface area contributed by atoms with Crippen LogP contribution in [0.5, 0.6) is 0 Å². The summed E-state index contributed by atoms with van der Waals surface area (Å²) in [6, 6.07) is 16.6. The summed E-state index contributed by atoms with van der Waals surface area (Å²) in [6.45, 7) is 6.12. The Bertz CT molecular complexity index is 881. The summed E-state index contributed by atoms with van der Waals surface area (Å²) >= 11 is 5.44. The third-order valence-electron chi connectivity index (χ3n) is 5.92. The van der Waals surface area contributed by atoms with E-state index in [9.17, 15) is 4.79 Å². The highest BCUT2D eigenvalue weighted by Gasteiger charge is 2.21. The molecule has 2 aliphatic heterocycles. The molecule has 158 valence electrons. The molecule has 6 heteroatoms. The molecule has 2 aromatic carbocycles. The second-order valence-corrected chi connectivity index (χ2v) is 8.77. The Labute approximate surface area is 184 Å². The van der Waals surface area contributed by atoms with E-state index in [2.05, 4.69) is 46.7 Å². The number of piperidine rings is 1. The fraction of sp³-hybridized carbons (Fsp3) is 0.417. The van der Waals surface area contributed by atoms with Gasteiger partial charge in [0.2, 0.25) is 5.91 Å². The maximum Gasteiger partial charge on any atom is 0.227 e. The van der Waals surface area contributed by atoms with Gasteiger partial charge in [-0.05, 0) is 79.4 Å². The molecule has 0 aliphatic carbocycles. The Morgan fingerprint density at radius 1 is 1.03 bits per heavy atom. The molecule has 2 heterocycles. The van der Waals surface area contributed by atoms with Crippen LogP contribution in [0.1, 0.15) is 38.2 Å². The van der Waals surface area contributed by atoms with Gasteiger partial charge in [-0.25, -0.2) is 0 Å². The van der Waals surface area contributed by atoms with E-state index in [4.69, 9.17) is 12.2 Å². The van der Waals surface area contributed by atoms with Gasteiger partial charge in [-0.1, -0.05) is 19.1 Å². The number of carbonyl (C=O) groups excluding carboxylic acids is 1. The van der Waals surface area contributed by atoms with Crippen LogP contribution in [0, 0.1) is 5.92 Å². The van der Waals surface area contributed by atoms with E-state index >= 15 is 0 Å². The van der Waals surface area contributed by atoms with Crippen LogP contribution in [0.25, 0.3) is 0 Å². The van der Waals surface area contributed by atoms with Crippen molar-refractivity contribution in [2.75, 3.05) is 34.8 Å². The van der Waals surface area contributed by atoms with Crippen molar-refractivity contribution in [2.45, 2.75) is 39.2 Å². The van der Waals surface area contributed by atoms with Gasteiger partial charge in [0.25, 0.3) is 0 Å². The number of hydrogen-bond acceptors (Lipinski definition) is 3. The van der Waals surface area contributed by atoms with Crippen LogP contribution < -0.4 is 20.4 Å². The van der Waals surface area contributed by atoms with E-state index in [1.807, 2.05) is 29.2 Å². The minimum absolute atomic E-state index is 0.203. The molecule has 0 aromatic heterocycles. The Morgan fingerprint density at radius 3 is 2.43 bits per heavy atom. The van der Waals surface area contributed by atoms with Crippen LogP contribution in [0.4, 0.5) is 17.1 Å². The average molecular weight is 423 g/mol. The van der Waals surface area contributed by atoms with Crippen molar-refractivity contribution >= 4 is 40.3 Å². The number of nitrogens with zero attached hydrogens (tertiary/aromatic N) is 2. The molecule has 2 aliphatic rings. The lowest BCUT2D eigenvalue weighted by Gasteiger charge is -2.32. The van der Waals surface area contributed by atoms with Gasteiger partial charge in [-0.3, -0.25) is 4.79 Å². The quantitative estimate of drug-likeness (QED) is 0.693. The van der Waals surface area contributed by atoms with Gasteiger partial charge in [0.05, 0.1) is 0 Å². The lowest BCUT2D eigenvalue weighted by atomic mass is 9.99. The van der Waals surface area contributed by atoms with E-state index in [-0.39, 0.29) is 5.91 Å². The van der Waals surface area contributed by atoms with E-state index in [1.165, 1.54) is 24.1 Å². The fourth-order valence-corrected chi connectivity index (χ4v) is 4.44. The van der Waals surface area contributed by atoms with E-state index in [0.717, 1.165) is 43.3 Å². The average Bonchev–Trinajstić information content (AvgIpc) is 3.19. The van der Waals surface area contributed by atoms with Crippen molar-refractivity contribution in [1.82, 2.24) is 5.32 Å². The first kappa shape index (κ1) is 20.7. The highest BCUT2D eigenvalue weighted by atomic mass is 32.1. The largest absolute Gasteiger partial charge is 0.371 e. The molecule has 0 unspecified atom stereocenters. The number of anilines is 3. The Kier molecular flexibility index (Phi) is 6.53. The van der Waals surface area contributed by atoms with E-state index < -0.39 is 0 Å². The molecule has 0 spiro atoms. The number of benzene rings is 2. The molecule has 1 atom stereocenters. The first-order valence-electron chi connectivity index (χ1n) is 10.9. The van der Waals surface area contributed by atoms with Crippen molar-refractivity contribution in [2.24, 2.45) is 5.92 Å². The molecule has 0 saturated carbocycles. The Morgan fingerprint density at radius 2 is 1.77 bits per heavy atom. The van der Waals surface area contributed by atoms with Crippen LogP contribution in [-0.2, 0) is 11.3 Å². The van der Waals surface area contributed by atoms with E-state index in [0.29, 0.717) is 18.1 Å². The second kappa shape index (κ2) is 9.47. The third kappa shape index (κ3) is 5.11. The van der Waals surface area contributed by atoms with Gasteiger partial charge in [-0.2, -0.15) is 0 Å². The number of carbonyl (C=O) groups is 1. The molecule has 2 aromatic rings. The number of amides is 1. The third-order valence-corrected chi connectivity index (χ3v) is 6.17. The smallest absolute Gasteiger partial charge is 0.227 e. The van der Waals surface area contributed by atoms with Gasteiger partial charge in [0.1, 0.15) is 0 Å². The highest BCUT2D eigenvalue weighted by Crippen LogP contribution is 2.24. The standard InChI is InChI=1S/C24H30N4OS/c1-18-4-2-14-27(17-18)21-10-6-19(7-11-21)16-25-24(30)26-20-8-12-22(13-9-20)28-15-3-5-23(28)29/h6-13,18H,2-5,14-17H2,1H3,(H2,25,26,30)/t18-/m1/s1. The zero-order valence-corrected chi connectivity index (χ0v) is 18.4. The molecule has 2 N–H and O–H groups in total. The second-order valence-electron chi connectivity index (χ2n) is 8.36. The van der Waals surface area contributed by atoms with E-state index in [1.54, 1.807) is 0 Å². The first-order chi connectivity index (χ1) is 14.6. The van der Waals surface area contributed by atoms with Gasteiger partial charge in [0.15, 0.2) is 5.11 Å². The SMILES string of the molecule is C[C@@H]1CCCN(c2ccc(CNC(=S)Nc3ccc(N4CCCC4=O)cc3)cc2)C1. The zero-order valence-electron chi connectivity index (χ0n) is 17.6. The van der Waals surface area contributed by atoms with Crippen LogP contribution >= 0.6 is 12.2 Å². The number of thiocarbonyl (C=S) groups is 1. The molecule has 2 fully saturated rings. The van der Waals surface area contributed by atoms with Crippen LogP contribution in [0.3, 0.4) is 0 Å². The summed E-state index contributed by atoms with van der Waals surface area (Å²) in [5, 5.41) is 7.08. The summed E-state index contributed by atoms with van der Waals surface area (Å²) in [4.78, 5) is 16.2. The molecule has 0 radical (unpaired) electrons. The monoisotopic (exact) mass is 422 g/mol. The predicted octanol–water partition coefficient (Wildman–Crippen LogP) is 4.54. The predicted molar refractivity (Wildman–Crippen MR) is 128 cm³/mol. The van der Waals surface area contributed by atoms with Crippen LogP contribution in [-0.4, -0.2) is 30.7 Å². The van der Waals surface area contributed by atoms with Gasteiger partial charge < -0.3 is 20.4 Å². The Hall–Kier alpha value is -2.60. The minimum Gasteiger partial charge on any atom is -0.371 e. The molecule has 0 bridgehead atoms. The lowest BCUT2D eigenvalue weighted by Crippen LogP contribution is -2.34. The van der Waals surface area contributed by atoms with Crippen molar-refractivity contribution in [3.05, 3.63) is 54.1 Å². The topological polar surface area (TPSA) is 47.6 Å². The molecular formula is C24H30N4OS. The number of rotatable bonds is 5. The van der Waals surface area contributed by atoms with Crippen LogP contribution in [0.15, 0.2) is 48.5 Å². The first-order valence-corrected chi connectivity index (χ1v) is 11.3. The summed E-state index contributed by atoms with van der Waals surface area (Å²) in [7, 11) is 0. The normalized spacial score (nSPS) is 19.1. The summed E-state index contributed by atoms with van der Waals surface area (Å²) < 4.78 is 0. The van der Waals surface area contributed by atoms with Crippen LogP contribution in [0.2, 0.25) is 0 Å². The summed E-state index contributed by atoms with van der Waals surface area (Å²) in [6.07, 6.45) is 4.19. The molecule has 4 rings (SSSR count). The maximum absolute atomic E-state index is 11.9. The fourth-order valence-electron chi connectivity index (χ4n) is 4.25. The summed E-state index contributed by atoms with van der Waals surface area (Å²) in [5.41, 5.74) is 4.38. The van der Waals surface area contributed by atoms with Crippen molar-refractivity contribution in [1.29, 1.82) is 0 Å². The molecule has 1 amide bonds. The maximum atomic E-state index is 11.9. The molecule has 30 heavy (non-hydrogen) atoms. The van der Waals surface area contributed by atoms with Gasteiger partial charge >= 0.3 is 0 Å². The molecular weight excluding hydrogens is 392 g/mol. The van der Waals surface area contributed by atoms with Crippen molar-refractivity contribution in [3.8, 4) is 0 Å². The van der Waals surface area contributed by atoms with Crippen molar-refractivity contribution < 1.29 is 4.79 Å². The number of hydrogen-bond donors (Lipinski definition) is 2. The van der Waals surface area contributed by atoms with Gasteiger partial charge in [-0.15, -0.1) is 0 Å². The molecule has 5 nitrogen and oxygen atoms in total. The highest BCUT2D eigenvalue weighted by molar-refractivity contribution is 7.80. The molecule has 2 saturated heterocycles.